The van der Waals surface area contributed by atoms with E-state index >= 15 is 0 Å². The van der Waals surface area contributed by atoms with Crippen LogP contribution in [0.4, 0.5) is 18.0 Å². The Hall–Kier alpha value is -3.25. The molecule has 0 saturated carbocycles. The highest BCUT2D eigenvalue weighted by atomic mass is 32.2. The van der Waals surface area contributed by atoms with E-state index in [9.17, 15) is 45.6 Å². The number of hydrogen-bond acceptors (Lipinski definition) is 7. The second-order valence-corrected chi connectivity index (χ2v) is 17.8. The van der Waals surface area contributed by atoms with Crippen LogP contribution < -0.4 is 21.3 Å². The minimum Gasteiger partial charge on any atom is -0.346 e. The molecule has 0 aromatic heterocycles. The van der Waals surface area contributed by atoms with Gasteiger partial charge in [0.25, 0.3) is 16.1 Å². The van der Waals surface area contributed by atoms with Gasteiger partial charge in [-0.1, -0.05) is 61.5 Å². The Labute approximate surface area is 299 Å². The molecule has 1 unspecified atom stereocenters. The molecule has 14 nitrogen and oxygen atoms in total. The van der Waals surface area contributed by atoms with Gasteiger partial charge in [0.15, 0.2) is 0 Å². The van der Waals surface area contributed by atoms with Crippen molar-refractivity contribution in [3.8, 4) is 0 Å². The number of hydrogen-bond donors (Lipinski definition) is 4. The number of urea groups is 1. The van der Waals surface area contributed by atoms with Gasteiger partial charge in [-0.3, -0.25) is 19.2 Å². The van der Waals surface area contributed by atoms with Gasteiger partial charge in [-0.2, -0.15) is 30.2 Å². The Kier molecular flexibility index (Phi) is 14.7. The van der Waals surface area contributed by atoms with Crippen LogP contribution in [0, 0.1) is 22.7 Å². The van der Waals surface area contributed by atoms with Crippen molar-refractivity contribution >= 4 is 39.7 Å². The topological polar surface area (TPSA) is 177 Å². The van der Waals surface area contributed by atoms with Gasteiger partial charge in [0, 0.05) is 52.2 Å². The first kappa shape index (κ1) is 43.9. The quantitative estimate of drug-likeness (QED) is 0.155. The van der Waals surface area contributed by atoms with Gasteiger partial charge in [-0.05, 0) is 35.5 Å². The van der Waals surface area contributed by atoms with Gasteiger partial charge in [0.1, 0.15) is 12.1 Å². The lowest BCUT2D eigenvalue weighted by atomic mass is 9.84. The molecule has 2 saturated heterocycles. The van der Waals surface area contributed by atoms with Crippen molar-refractivity contribution in [3.05, 3.63) is 12.7 Å². The average Bonchev–Trinajstić information content (AvgIpc) is 3.55. The maximum Gasteiger partial charge on any atom is 0.389 e. The lowest BCUT2D eigenvalue weighted by Gasteiger charge is -2.38. The summed E-state index contributed by atoms with van der Waals surface area (Å²) in [4.78, 5) is 68.4. The summed E-state index contributed by atoms with van der Waals surface area (Å²) < 4.78 is 67.6. The standard InChI is InChI=1S/C33H56F3N7O7S/c1-11-15-37-28(46)25(44)22(12-14-33(34,35)36)38-27(45)24-21(20(2)3)13-16-43(24)29(47)26(32(7,8)9)40-30(48)39-23(31(4,5)6)19-42-18-17-41(10)51(42,49)50/h11,20-24,26H,1,12-19H2,2-10H3,(H,37,46)(H,38,45)(H2,39,40,48)/t21-,22?,23-,24+,26-/m1/s1. The average molecular weight is 752 g/mol. The number of ketones is 1. The van der Waals surface area contributed by atoms with Crippen LogP contribution in [0.5, 0.6) is 0 Å². The van der Waals surface area contributed by atoms with E-state index in [-0.39, 0.29) is 32.1 Å². The number of halogens is 3. The fourth-order valence-corrected chi connectivity index (χ4v) is 7.45. The predicted molar refractivity (Wildman–Crippen MR) is 185 cm³/mol. The zero-order valence-corrected chi connectivity index (χ0v) is 32.0. The molecule has 2 aliphatic heterocycles. The van der Waals surface area contributed by atoms with E-state index in [2.05, 4.69) is 27.8 Å². The predicted octanol–water partition coefficient (Wildman–Crippen LogP) is 2.18. The fourth-order valence-electron chi connectivity index (χ4n) is 6.09. The largest absolute Gasteiger partial charge is 0.389 e. The molecule has 292 valence electrons. The molecule has 2 fully saturated rings. The van der Waals surface area contributed by atoms with E-state index in [1.54, 1.807) is 20.8 Å². The SMILES string of the molecule is C=CCNC(=O)C(=O)C(CCC(F)(F)F)NC(=O)[C@@H]1[C@@H](C(C)C)CCN1C(=O)[C@@H](NC(=O)N[C@H](CN1CCN(C)S1(=O)=O)C(C)(C)C)C(C)(C)C. The normalized spacial score (nSPS) is 21.9. The molecular weight excluding hydrogens is 695 g/mol. The maximum atomic E-state index is 14.3. The second-order valence-electron chi connectivity index (χ2n) is 15.8. The van der Waals surface area contributed by atoms with Crippen LogP contribution in [0.25, 0.3) is 0 Å². The summed E-state index contributed by atoms with van der Waals surface area (Å²) in [7, 11) is -2.22. The number of likely N-dealkylation sites (tertiary alicyclic amines) is 1. The molecule has 5 atom stereocenters. The van der Waals surface area contributed by atoms with Crippen molar-refractivity contribution in [2.45, 2.75) is 105 Å². The van der Waals surface area contributed by atoms with Crippen LogP contribution in [0.1, 0.15) is 74.7 Å². The Morgan fingerprint density at radius 2 is 1.53 bits per heavy atom. The van der Waals surface area contributed by atoms with E-state index in [1.165, 1.54) is 26.6 Å². The van der Waals surface area contributed by atoms with Crippen LogP contribution in [-0.4, -0.2) is 122 Å². The number of carbonyl (C=O) groups excluding carboxylic acids is 5. The minimum atomic E-state index is -4.67. The number of nitrogens with zero attached hydrogens (tertiary/aromatic N) is 3. The van der Waals surface area contributed by atoms with Crippen molar-refractivity contribution in [2.75, 3.05) is 39.8 Å². The Morgan fingerprint density at radius 3 is 2.00 bits per heavy atom. The summed E-state index contributed by atoms with van der Waals surface area (Å²) >= 11 is 0. The van der Waals surface area contributed by atoms with Crippen LogP contribution >= 0.6 is 0 Å². The van der Waals surface area contributed by atoms with E-state index in [1.807, 2.05) is 34.6 Å². The first-order valence-corrected chi connectivity index (χ1v) is 18.5. The summed E-state index contributed by atoms with van der Waals surface area (Å²) in [5.74, 6) is -4.59. The number of Topliss-reactive ketones (excluding diaryl/α,β-unsaturated/α-hetero) is 1. The highest BCUT2D eigenvalue weighted by Gasteiger charge is 2.48. The molecule has 0 bridgehead atoms. The zero-order chi connectivity index (χ0) is 39.3. The van der Waals surface area contributed by atoms with Crippen molar-refractivity contribution in [2.24, 2.45) is 22.7 Å². The molecule has 0 spiro atoms. The van der Waals surface area contributed by atoms with E-state index in [0.717, 1.165) is 0 Å². The molecular formula is C33H56F3N7O7S. The fraction of sp³-hybridized carbons (Fsp3) is 0.788. The molecule has 0 aromatic carbocycles. The molecule has 18 heteroatoms. The molecule has 2 rings (SSSR count). The number of carbonyl (C=O) groups is 5. The molecule has 0 radical (unpaired) electrons. The van der Waals surface area contributed by atoms with Crippen LogP contribution in [0.15, 0.2) is 12.7 Å². The Balaban J connectivity index is 2.38. The molecule has 0 aliphatic carbocycles. The van der Waals surface area contributed by atoms with Crippen LogP contribution in [-0.2, 0) is 29.4 Å². The van der Waals surface area contributed by atoms with Crippen molar-refractivity contribution in [1.29, 1.82) is 0 Å². The summed E-state index contributed by atoms with van der Waals surface area (Å²) in [6.07, 6.45) is -5.37. The lowest BCUT2D eigenvalue weighted by molar-refractivity contribution is -0.147. The molecule has 0 aromatic rings. The van der Waals surface area contributed by atoms with E-state index in [4.69, 9.17) is 0 Å². The Morgan fingerprint density at radius 1 is 0.922 bits per heavy atom. The molecule has 2 heterocycles. The monoisotopic (exact) mass is 751 g/mol. The van der Waals surface area contributed by atoms with Gasteiger partial charge in [-0.15, -0.1) is 6.58 Å². The van der Waals surface area contributed by atoms with Gasteiger partial charge in [0.05, 0.1) is 6.04 Å². The smallest absolute Gasteiger partial charge is 0.346 e. The third kappa shape index (κ3) is 11.9. The number of likely N-dealkylation sites (N-methyl/N-ethyl adjacent to an activating group) is 1. The summed E-state index contributed by atoms with van der Waals surface area (Å²) in [5.41, 5.74) is -1.50. The first-order chi connectivity index (χ1) is 23.2. The van der Waals surface area contributed by atoms with Crippen LogP contribution in [0.2, 0.25) is 0 Å². The number of nitrogens with one attached hydrogen (secondary N) is 4. The van der Waals surface area contributed by atoms with Gasteiger partial charge < -0.3 is 26.2 Å². The number of alkyl halides is 3. The molecule has 4 N–H and O–H groups in total. The summed E-state index contributed by atoms with van der Waals surface area (Å²) in [5, 5.41) is 10.1. The molecule has 5 amide bonds. The van der Waals surface area contributed by atoms with E-state index in [0.29, 0.717) is 13.0 Å². The lowest BCUT2D eigenvalue weighted by Crippen LogP contribution is -2.62. The molecule has 51 heavy (non-hydrogen) atoms. The molecule has 2 aliphatic rings. The van der Waals surface area contributed by atoms with Crippen LogP contribution in [0.3, 0.4) is 0 Å². The summed E-state index contributed by atoms with van der Waals surface area (Å²) in [6.45, 7) is 18.2. The van der Waals surface area contributed by atoms with Gasteiger partial charge in [-0.25, -0.2) is 4.79 Å². The number of rotatable bonds is 14. The minimum absolute atomic E-state index is 0.0119. The maximum absolute atomic E-state index is 14.3. The number of amides is 5. The summed E-state index contributed by atoms with van der Waals surface area (Å²) in [6, 6.07) is -5.64. The van der Waals surface area contributed by atoms with Crippen molar-refractivity contribution in [1.82, 2.24) is 34.8 Å². The highest BCUT2D eigenvalue weighted by molar-refractivity contribution is 7.87. The third-order valence-corrected chi connectivity index (χ3v) is 11.3. The van der Waals surface area contributed by atoms with E-state index < -0.39 is 99.7 Å². The first-order valence-electron chi connectivity index (χ1n) is 17.1. The third-order valence-electron chi connectivity index (χ3n) is 9.34. The van der Waals surface area contributed by atoms with Gasteiger partial charge >= 0.3 is 12.2 Å². The highest BCUT2D eigenvalue weighted by Crippen LogP contribution is 2.34. The van der Waals surface area contributed by atoms with Crippen molar-refractivity contribution < 1.29 is 45.6 Å². The Bertz CT molecular complexity index is 1410. The van der Waals surface area contributed by atoms with Crippen molar-refractivity contribution in [3.63, 3.8) is 0 Å². The second kappa shape index (κ2) is 17.1. The zero-order valence-electron chi connectivity index (χ0n) is 31.1. The van der Waals surface area contributed by atoms with Gasteiger partial charge in [0.2, 0.25) is 17.6 Å².